The molecule has 3 aromatic heterocycles. The van der Waals surface area contributed by atoms with Crippen LogP contribution in [-0.2, 0) is 16.0 Å². The van der Waals surface area contributed by atoms with Crippen molar-refractivity contribution in [1.29, 1.82) is 0 Å². The smallest absolute Gasteiger partial charge is 0.262 e. The predicted molar refractivity (Wildman–Crippen MR) is 198 cm³/mol. The first-order valence-corrected chi connectivity index (χ1v) is 18.7. The molecule has 2 atom stereocenters. The minimum atomic E-state index is -0.968. The Morgan fingerprint density at radius 1 is 0.796 bits per heavy atom. The maximum absolute atomic E-state index is 14.1. The van der Waals surface area contributed by atoms with E-state index in [0.29, 0.717) is 17.0 Å². The molecule has 4 aliphatic heterocycles. The number of benzene rings is 2. The molecule has 2 aromatic carbocycles. The minimum absolute atomic E-state index is 0.0584. The van der Waals surface area contributed by atoms with Gasteiger partial charge in [-0.15, -0.1) is 5.10 Å². The van der Waals surface area contributed by atoms with Crippen molar-refractivity contribution in [2.75, 3.05) is 29.4 Å². The zero-order valence-electron chi connectivity index (χ0n) is 29.7. The van der Waals surface area contributed by atoms with Crippen LogP contribution in [0.3, 0.4) is 0 Å². The number of imidazole rings is 1. The molecule has 4 aliphatic rings. The molecule has 3 fully saturated rings. The van der Waals surface area contributed by atoms with Gasteiger partial charge in [0.15, 0.2) is 5.65 Å². The highest BCUT2D eigenvalue weighted by atomic mass is 19.1. The topological polar surface area (TPSA) is 133 Å². The van der Waals surface area contributed by atoms with Gasteiger partial charge in [0.1, 0.15) is 29.2 Å². The summed E-state index contributed by atoms with van der Waals surface area (Å²) in [5.41, 5.74) is 4.89. The molecule has 274 valence electrons. The van der Waals surface area contributed by atoms with Crippen molar-refractivity contribution in [3.05, 3.63) is 107 Å². The Labute approximate surface area is 311 Å². The first kappa shape index (κ1) is 33.8. The predicted octanol–water partition coefficient (Wildman–Crippen LogP) is 5.52. The highest BCUT2D eigenvalue weighted by molar-refractivity contribution is 6.23. The number of hydrogen-bond donors (Lipinski definition) is 1. The molecule has 7 heterocycles. The largest absolute Gasteiger partial charge is 0.357 e. The van der Waals surface area contributed by atoms with Gasteiger partial charge in [-0.25, -0.2) is 18.9 Å². The van der Waals surface area contributed by atoms with Crippen molar-refractivity contribution in [2.24, 2.45) is 5.92 Å². The fourth-order valence-corrected chi connectivity index (χ4v) is 8.53. The van der Waals surface area contributed by atoms with E-state index >= 15 is 0 Å². The lowest BCUT2D eigenvalue weighted by atomic mass is 9.90. The van der Waals surface area contributed by atoms with Gasteiger partial charge in [-0.2, -0.15) is 0 Å². The van der Waals surface area contributed by atoms with Gasteiger partial charge >= 0.3 is 0 Å². The van der Waals surface area contributed by atoms with E-state index in [1.807, 2.05) is 53.2 Å². The normalized spacial score (nSPS) is 20.6. The second kappa shape index (κ2) is 13.8. The van der Waals surface area contributed by atoms with Crippen LogP contribution in [0.1, 0.15) is 82.8 Å². The van der Waals surface area contributed by atoms with Crippen LogP contribution in [0.25, 0.3) is 17.0 Å². The van der Waals surface area contributed by atoms with Crippen LogP contribution in [0.2, 0.25) is 0 Å². The summed E-state index contributed by atoms with van der Waals surface area (Å²) in [4.78, 5) is 65.6. The van der Waals surface area contributed by atoms with E-state index in [0.717, 1.165) is 103 Å². The number of aromatic nitrogens is 4. The van der Waals surface area contributed by atoms with E-state index in [1.54, 1.807) is 24.3 Å². The number of anilines is 2. The van der Waals surface area contributed by atoms with E-state index in [2.05, 4.69) is 20.1 Å². The maximum atomic E-state index is 14.1. The average Bonchev–Trinajstić information content (AvgIpc) is 3.91. The first-order valence-electron chi connectivity index (χ1n) is 18.7. The Hall–Kier alpha value is -5.98. The molecule has 9 rings (SSSR count). The van der Waals surface area contributed by atoms with Crippen LogP contribution in [0.4, 0.5) is 16.0 Å². The fraction of sp³-hybridized carbons (Fsp3) is 0.341. The summed E-state index contributed by atoms with van der Waals surface area (Å²) in [5.74, 6) is 0.0377. The number of fused-ring (bicyclic) bond motifs is 2. The number of piperidine rings is 2. The van der Waals surface area contributed by atoms with Gasteiger partial charge in [0.25, 0.3) is 11.8 Å². The van der Waals surface area contributed by atoms with Gasteiger partial charge < -0.3 is 9.80 Å². The van der Waals surface area contributed by atoms with Crippen molar-refractivity contribution in [1.82, 2.24) is 29.8 Å². The molecule has 13 heteroatoms. The summed E-state index contributed by atoms with van der Waals surface area (Å²) in [5, 5.41) is 7.26. The lowest BCUT2D eigenvalue weighted by Crippen LogP contribution is -2.54. The summed E-state index contributed by atoms with van der Waals surface area (Å²) in [6, 6.07) is 21.3. The van der Waals surface area contributed by atoms with E-state index in [9.17, 15) is 23.6 Å². The SMILES string of the molecule is O=C1CCC(N2C(=O)c3ccc(CCC4CCN(c5cccc(-c6cnc7ccc(N8CCC[C@@H]8c8cccc(F)c8)nn67)n5)CC4)cc3C2=O)C(=O)N1. The molecule has 1 unspecified atom stereocenters. The molecular formula is C41H39FN8O4. The van der Waals surface area contributed by atoms with E-state index in [4.69, 9.17) is 10.1 Å². The molecule has 0 aliphatic carbocycles. The van der Waals surface area contributed by atoms with Crippen molar-refractivity contribution in [2.45, 2.75) is 63.5 Å². The summed E-state index contributed by atoms with van der Waals surface area (Å²) in [7, 11) is 0. The van der Waals surface area contributed by atoms with Crippen LogP contribution in [0, 0.1) is 11.7 Å². The molecule has 0 saturated carbocycles. The van der Waals surface area contributed by atoms with Gasteiger partial charge in [-0.3, -0.25) is 29.4 Å². The maximum Gasteiger partial charge on any atom is 0.262 e. The molecule has 12 nitrogen and oxygen atoms in total. The molecule has 0 spiro atoms. The summed E-state index contributed by atoms with van der Waals surface area (Å²) >= 11 is 0. The van der Waals surface area contributed by atoms with Crippen LogP contribution >= 0.6 is 0 Å². The molecule has 0 radical (unpaired) electrons. The molecule has 54 heavy (non-hydrogen) atoms. The van der Waals surface area contributed by atoms with E-state index < -0.39 is 29.7 Å². The number of carbonyl (C=O) groups is 4. The Morgan fingerprint density at radius 2 is 1.63 bits per heavy atom. The van der Waals surface area contributed by atoms with Crippen molar-refractivity contribution < 1.29 is 23.6 Å². The molecule has 3 saturated heterocycles. The molecular weight excluding hydrogens is 688 g/mol. The number of nitrogens with one attached hydrogen (secondary N) is 1. The van der Waals surface area contributed by atoms with Gasteiger partial charge in [0, 0.05) is 26.1 Å². The lowest BCUT2D eigenvalue weighted by Gasteiger charge is -2.33. The quantitative estimate of drug-likeness (QED) is 0.205. The number of imide groups is 2. The summed E-state index contributed by atoms with van der Waals surface area (Å²) < 4.78 is 15.9. The van der Waals surface area contributed by atoms with Crippen molar-refractivity contribution in [3.63, 3.8) is 0 Å². The average molecular weight is 727 g/mol. The van der Waals surface area contributed by atoms with E-state index in [1.165, 1.54) is 6.07 Å². The Bertz CT molecular complexity index is 2320. The van der Waals surface area contributed by atoms with Crippen LogP contribution < -0.4 is 15.1 Å². The number of nitrogens with zero attached hydrogens (tertiary/aromatic N) is 7. The fourth-order valence-electron chi connectivity index (χ4n) is 8.53. The first-order chi connectivity index (χ1) is 26.3. The number of amides is 4. The second-order valence-corrected chi connectivity index (χ2v) is 14.7. The molecule has 1 N–H and O–H groups in total. The Balaban J connectivity index is 0.842. The Kier molecular flexibility index (Phi) is 8.63. The third-order valence-electron chi connectivity index (χ3n) is 11.4. The lowest BCUT2D eigenvalue weighted by molar-refractivity contribution is -0.136. The number of carbonyl (C=O) groups excluding carboxylic acids is 4. The van der Waals surface area contributed by atoms with Gasteiger partial charge in [0.2, 0.25) is 11.8 Å². The van der Waals surface area contributed by atoms with Crippen molar-refractivity contribution in [3.8, 4) is 11.4 Å². The summed E-state index contributed by atoms with van der Waals surface area (Å²) in [6.07, 6.45) is 7.71. The minimum Gasteiger partial charge on any atom is -0.357 e. The highest BCUT2D eigenvalue weighted by Gasteiger charge is 2.44. The second-order valence-electron chi connectivity index (χ2n) is 14.7. The third-order valence-corrected chi connectivity index (χ3v) is 11.4. The Morgan fingerprint density at radius 3 is 2.46 bits per heavy atom. The monoisotopic (exact) mass is 726 g/mol. The third kappa shape index (κ3) is 6.16. The number of aryl methyl sites for hydroxylation is 1. The van der Waals surface area contributed by atoms with Gasteiger partial charge in [-0.1, -0.05) is 24.3 Å². The standard InChI is InChI=1S/C41H39FN8O4/c42-28-5-1-4-27(23-28)32-7-3-19-48(32)37-15-14-35-43-24-34(50(35)46-37)31-6-2-8-36(44-31)47-20-17-25(18-21-47)9-10-26-11-12-29-30(22-26)41(54)49(40(29)53)33-13-16-38(51)45-39(33)52/h1-2,4-6,8,11-12,14-15,22-25,32-33H,3,7,9-10,13,16-21H2,(H,45,51,52)/t32-,33?/m1/s1. The zero-order chi connectivity index (χ0) is 36.9. The van der Waals surface area contributed by atoms with Gasteiger partial charge in [0.05, 0.1) is 29.1 Å². The summed E-state index contributed by atoms with van der Waals surface area (Å²) in [6.45, 7) is 2.57. The number of pyridine rings is 1. The van der Waals surface area contributed by atoms with E-state index in [-0.39, 0.29) is 24.7 Å². The molecule has 4 amide bonds. The molecule has 5 aromatic rings. The highest BCUT2D eigenvalue weighted by Crippen LogP contribution is 2.36. The zero-order valence-corrected chi connectivity index (χ0v) is 29.7. The molecule has 0 bridgehead atoms. The number of rotatable bonds is 8. The number of hydrogen-bond acceptors (Lipinski definition) is 9. The van der Waals surface area contributed by atoms with Crippen LogP contribution in [0.15, 0.2) is 79.0 Å². The van der Waals surface area contributed by atoms with Crippen molar-refractivity contribution >= 4 is 40.9 Å². The van der Waals surface area contributed by atoms with Gasteiger partial charge in [-0.05, 0) is 111 Å². The number of halogens is 1. The van der Waals surface area contributed by atoms with Crippen LogP contribution in [0.5, 0.6) is 0 Å². The van der Waals surface area contributed by atoms with Crippen LogP contribution in [-0.4, -0.2) is 73.8 Å².